The van der Waals surface area contributed by atoms with E-state index in [1.165, 1.54) is 56.9 Å². The molecule has 0 nitrogen and oxygen atoms in total. The van der Waals surface area contributed by atoms with Gasteiger partial charge in [-0.05, 0) is 87.4 Å². The van der Waals surface area contributed by atoms with Crippen molar-refractivity contribution in [3.63, 3.8) is 0 Å². The van der Waals surface area contributed by atoms with E-state index in [0.29, 0.717) is 11.8 Å². The van der Waals surface area contributed by atoms with Crippen LogP contribution in [0.5, 0.6) is 0 Å². The first-order valence-electron chi connectivity index (χ1n) is 11.9. The van der Waals surface area contributed by atoms with Crippen LogP contribution in [-0.2, 0) is 0 Å². The molecule has 0 aromatic rings. The summed E-state index contributed by atoms with van der Waals surface area (Å²) in [6, 6.07) is 0. The van der Waals surface area contributed by atoms with Crippen LogP contribution in [-0.4, -0.2) is 0 Å². The maximum atomic E-state index is 4.28. The standard InChI is InChI=1S/C14H24.C11H18.C2H6.CH4/c1-4-10(2)12-8-9-13-11(3)6-5-7-14(12)13;1-5-11-6-8(2)10(4)9(3)7-11;1-2;/h10,12-14H,3-9H2,1-2H3;5,8-9H,4,6-7H2,1-3H3;1-2H3;1H4. The van der Waals surface area contributed by atoms with Gasteiger partial charge in [-0.1, -0.05) is 91.3 Å². The van der Waals surface area contributed by atoms with Crippen molar-refractivity contribution in [2.45, 2.75) is 107 Å². The predicted octanol–water partition coefficient (Wildman–Crippen LogP) is 9.63. The third-order valence-corrected chi connectivity index (χ3v) is 7.62. The summed E-state index contributed by atoms with van der Waals surface area (Å²) in [7, 11) is 0. The summed E-state index contributed by atoms with van der Waals surface area (Å²) in [5.74, 6) is 5.27. The van der Waals surface area contributed by atoms with Crippen LogP contribution in [0.25, 0.3) is 0 Å². The first kappa shape index (κ1) is 27.2. The van der Waals surface area contributed by atoms with Crippen molar-refractivity contribution in [2.24, 2.45) is 35.5 Å². The van der Waals surface area contributed by atoms with E-state index in [2.05, 4.69) is 53.9 Å². The van der Waals surface area contributed by atoms with Crippen LogP contribution in [0.3, 0.4) is 0 Å². The molecule has 3 aliphatic carbocycles. The molecular formula is C28H52. The molecule has 28 heavy (non-hydrogen) atoms. The summed E-state index contributed by atoms with van der Waals surface area (Å²) in [5, 5.41) is 0. The van der Waals surface area contributed by atoms with E-state index in [-0.39, 0.29) is 7.43 Å². The highest BCUT2D eigenvalue weighted by Crippen LogP contribution is 2.50. The molecule has 3 fully saturated rings. The number of fused-ring (bicyclic) bond motifs is 1. The number of rotatable bonds is 2. The lowest BCUT2D eigenvalue weighted by atomic mass is 9.72. The second-order valence-corrected chi connectivity index (χ2v) is 9.18. The zero-order valence-corrected chi connectivity index (χ0v) is 19.6. The largest absolute Gasteiger partial charge is 0.0996 e. The van der Waals surface area contributed by atoms with Gasteiger partial charge in [0.1, 0.15) is 0 Å². The number of allylic oxidation sites excluding steroid dienone is 4. The van der Waals surface area contributed by atoms with Crippen molar-refractivity contribution in [3.05, 3.63) is 36.0 Å². The van der Waals surface area contributed by atoms with Crippen LogP contribution in [0.1, 0.15) is 107 Å². The van der Waals surface area contributed by atoms with Crippen molar-refractivity contribution in [3.8, 4) is 0 Å². The van der Waals surface area contributed by atoms with Gasteiger partial charge >= 0.3 is 0 Å². The zero-order chi connectivity index (χ0) is 20.6. The van der Waals surface area contributed by atoms with Crippen molar-refractivity contribution in [1.29, 1.82) is 0 Å². The lowest BCUT2D eigenvalue weighted by Crippen LogP contribution is -2.24. The van der Waals surface area contributed by atoms with Crippen LogP contribution in [0, 0.1) is 35.5 Å². The van der Waals surface area contributed by atoms with Gasteiger partial charge in [-0.3, -0.25) is 0 Å². The molecule has 0 spiro atoms. The Morgan fingerprint density at radius 2 is 1.61 bits per heavy atom. The van der Waals surface area contributed by atoms with Gasteiger partial charge in [-0.2, -0.15) is 0 Å². The Morgan fingerprint density at radius 3 is 2.11 bits per heavy atom. The molecule has 0 N–H and O–H groups in total. The third-order valence-electron chi connectivity index (χ3n) is 7.62. The highest BCUT2D eigenvalue weighted by molar-refractivity contribution is 5.18. The second-order valence-electron chi connectivity index (χ2n) is 9.18. The Balaban J connectivity index is 0.000000474. The van der Waals surface area contributed by atoms with Crippen LogP contribution in [0.4, 0.5) is 0 Å². The average Bonchev–Trinajstić information content (AvgIpc) is 3.12. The van der Waals surface area contributed by atoms with Gasteiger partial charge in [0.2, 0.25) is 0 Å². The van der Waals surface area contributed by atoms with Crippen molar-refractivity contribution in [2.75, 3.05) is 0 Å². The molecule has 0 heteroatoms. The van der Waals surface area contributed by atoms with Crippen LogP contribution in [0.2, 0.25) is 0 Å². The van der Waals surface area contributed by atoms with E-state index in [0.717, 1.165) is 23.7 Å². The van der Waals surface area contributed by atoms with Crippen LogP contribution >= 0.6 is 0 Å². The van der Waals surface area contributed by atoms with Gasteiger partial charge in [-0.25, -0.2) is 0 Å². The first-order valence-corrected chi connectivity index (χ1v) is 11.9. The smallest absolute Gasteiger partial charge is 0.0175 e. The summed E-state index contributed by atoms with van der Waals surface area (Å²) >= 11 is 0. The SMILES string of the molecule is C.C=C1C(C)CC(=CC)CC1C.C=C1CCCC2C1CCC2C(C)CC.CC. The normalized spacial score (nSPS) is 32.7. The van der Waals surface area contributed by atoms with E-state index in [9.17, 15) is 0 Å². The Hall–Kier alpha value is -0.780. The number of hydrogen-bond acceptors (Lipinski definition) is 0. The third kappa shape index (κ3) is 6.93. The van der Waals surface area contributed by atoms with Crippen LogP contribution in [0.15, 0.2) is 36.0 Å². The van der Waals surface area contributed by atoms with Gasteiger partial charge < -0.3 is 0 Å². The maximum Gasteiger partial charge on any atom is -0.0175 e. The van der Waals surface area contributed by atoms with E-state index >= 15 is 0 Å². The minimum absolute atomic E-state index is 0. The minimum Gasteiger partial charge on any atom is -0.0996 e. The first-order chi connectivity index (χ1) is 12.9. The average molecular weight is 389 g/mol. The van der Waals surface area contributed by atoms with Crippen molar-refractivity contribution in [1.82, 2.24) is 0 Å². The summed E-state index contributed by atoms with van der Waals surface area (Å²) in [6.45, 7) is 23.9. The van der Waals surface area contributed by atoms with Crippen molar-refractivity contribution >= 4 is 0 Å². The highest BCUT2D eigenvalue weighted by Gasteiger charge is 2.40. The van der Waals surface area contributed by atoms with Gasteiger partial charge in [-0.15, -0.1) is 0 Å². The molecule has 0 saturated heterocycles. The Kier molecular flexibility index (Phi) is 13.1. The molecule has 0 bridgehead atoms. The summed E-state index contributed by atoms with van der Waals surface area (Å²) in [5.41, 5.74) is 4.63. The molecular weight excluding hydrogens is 336 g/mol. The fourth-order valence-electron chi connectivity index (χ4n) is 5.63. The summed E-state index contributed by atoms with van der Waals surface area (Å²) in [4.78, 5) is 0. The topological polar surface area (TPSA) is 0 Å². The second kappa shape index (κ2) is 13.4. The monoisotopic (exact) mass is 388 g/mol. The number of hydrogen-bond donors (Lipinski definition) is 0. The quantitative estimate of drug-likeness (QED) is 0.413. The molecule has 0 radical (unpaired) electrons. The van der Waals surface area contributed by atoms with E-state index < -0.39 is 0 Å². The molecule has 6 unspecified atom stereocenters. The van der Waals surface area contributed by atoms with Gasteiger partial charge in [0.15, 0.2) is 0 Å². The lowest BCUT2D eigenvalue weighted by Gasteiger charge is -2.33. The van der Waals surface area contributed by atoms with Gasteiger partial charge in [0.25, 0.3) is 0 Å². The molecule has 0 aromatic heterocycles. The van der Waals surface area contributed by atoms with Gasteiger partial charge in [0.05, 0.1) is 0 Å². The highest BCUT2D eigenvalue weighted by atomic mass is 14.5. The molecule has 3 rings (SSSR count). The molecule has 6 atom stereocenters. The molecule has 3 saturated carbocycles. The van der Waals surface area contributed by atoms with Gasteiger partial charge in [0, 0.05) is 0 Å². The van der Waals surface area contributed by atoms with Crippen LogP contribution < -0.4 is 0 Å². The molecule has 0 amide bonds. The maximum absolute atomic E-state index is 4.28. The summed E-state index contributed by atoms with van der Waals surface area (Å²) in [6.07, 6.45) is 13.2. The predicted molar refractivity (Wildman–Crippen MR) is 131 cm³/mol. The Bertz CT molecular complexity index is 478. The Morgan fingerprint density at radius 1 is 1.04 bits per heavy atom. The minimum atomic E-state index is 0. The molecule has 164 valence electrons. The van der Waals surface area contributed by atoms with E-state index in [1.54, 1.807) is 11.1 Å². The zero-order valence-electron chi connectivity index (χ0n) is 19.6. The Labute approximate surface area is 179 Å². The fraction of sp³-hybridized carbons (Fsp3) is 0.786. The fourth-order valence-corrected chi connectivity index (χ4v) is 5.63. The molecule has 0 aliphatic heterocycles. The van der Waals surface area contributed by atoms with Crippen molar-refractivity contribution < 1.29 is 0 Å². The molecule has 0 aromatic carbocycles. The summed E-state index contributed by atoms with van der Waals surface area (Å²) < 4.78 is 0. The lowest BCUT2D eigenvalue weighted by molar-refractivity contribution is 0.215. The molecule has 0 heterocycles. The van der Waals surface area contributed by atoms with E-state index in [1.807, 2.05) is 13.8 Å². The van der Waals surface area contributed by atoms with E-state index in [4.69, 9.17) is 0 Å². The molecule has 3 aliphatic rings.